The van der Waals surface area contributed by atoms with Crippen molar-refractivity contribution in [1.29, 1.82) is 0 Å². The van der Waals surface area contributed by atoms with E-state index < -0.39 is 12.2 Å². The number of β-amino-alcohol motifs (C(OH)–C–C–N with tert-alkyl or cyclic N) is 1. The van der Waals surface area contributed by atoms with Gasteiger partial charge in [0.05, 0.1) is 58.6 Å². The maximum absolute atomic E-state index is 13.2. The molecule has 0 aliphatic carbocycles. The van der Waals surface area contributed by atoms with E-state index in [9.17, 15) is 14.7 Å². The number of fused-ring (bicyclic) bond motifs is 1. The number of ether oxygens (including phenoxy) is 4. The highest BCUT2D eigenvalue weighted by Crippen LogP contribution is 2.28. The minimum Gasteiger partial charge on any atom is -0.497 e. The Labute approximate surface area is 216 Å². The van der Waals surface area contributed by atoms with Gasteiger partial charge >= 0.3 is 6.03 Å². The Morgan fingerprint density at radius 3 is 2.59 bits per heavy atom. The number of carbonyl (C=O) groups excluding carboxylic acids is 2. The van der Waals surface area contributed by atoms with Crippen LogP contribution in [0.2, 0.25) is 0 Å². The predicted molar refractivity (Wildman–Crippen MR) is 137 cm³/mol. The number of hydrogen-bond acceptors (Lipinski definition) is 7. The van der Waals surface area contributed by atoms with E-state index in [0.717, 1.165) is 11.3 Å². The quantitative estimate of drug-likeness (QED) is 0.521. The summed E-state index contributed by atoms with van der Waals surface area (Å²) in [5.74, 6) is 1.29. The summed E-state index contributed by atoms with van der Waals surface area (Å²) in [6.45, 7) is 0.814. The van der Waals surface area contributed by atoms with Gasteiger partial charge in [0.15, 0.2) is 0 Å². The van der Waals surface area contributed by atoms with Crippen molar-refractivity contribution in [3.05, 3.63) is 54.1 Å². The van der Waals surface area contributed by atoms with Gasteiger partial charge in [0.1, 0.15) is 17.6 Å². The monoisotopic (exact) mass is 513 g/mol. The van der Waals surface area contributed by atoms with E-state index in [-0.39, 0.29) is 50.3 Å². The molecular weight excluding hydrogens is 478 g/mol. The van der Waals surface area contributed by atoms with Crippen LogP contribution in [0.25, 0.3) is 0 Å². The van der Waals surface area contributed by atoms with E-state index in [1.54, 1.807) is 43.4 Å². The molecule has 2 aromatic carbocycles. The fourth-order valence-electron chi connectivity index (χ4n) is 4.77. The molecule has 3 N–H and O–H groups in total. The first-order chi connectivity index (χ1) is 18.0. The van der Waals surface area contributed by atoms with Crippen molar-refractivity contribution in [2.24, 2.45) is 0 Å². The molecule has 0 aromatic heterocycles. The van der Waals surface area contributed by atoms with Gasteiger partial charge in [-0.1, -0.05) is 18.2 Å². The molecule has 2 aromatic rings. The number of hydrogen-bond donors (Lipinski definition) is 3. The number of rotatable bonds is 7. The molecule has 2 aliphatic heterocycles. The first-order valence-electron chi connectivity index (χ1n) is 12.5. The minimum absolute atomic E-state index is 0.100. The standard InChI is InChI=1S/C27H35N3O7/c1-34-21-9-7-19(8-10-21)29-27(33)30-15-20(31)16-36-17-25-23(30)12-11-22(37-25)13-26(32)28-14-18-5-3-4-6-24(18)35-2/h3-10,20,22-23,25,31H,11-17H2,1-2H3,(H,28,32)(H,29,33)/t20-,22+,23+,25-/m0/s1. The topological polar surface area (TPSA) is 119 Å². The fourth-order valence-corrected chi connectivity index (χ4v) is 4.77. The molecule has 37 heavy (non-hydrogen) atoms. The molecule has 0 unspecified atom stereocenters. The van der Waals surface area contributed by atoms with Crippen molar-refractivity contribution in [1.82, 2.24) is 10.2 Å². The van der Waals surface area contributed by atoms with Crippen LogP contribution in [-0.4, -0.2) is 80.3 Å². The summed E-state index contributed by atoms with van der Waals surface area (Å²) >= 11 is 0. The van der Waals surface area contributed by atoms with Crippen LogP contribution in [0.3, 0.4) is 0 Å². The van der Waals surface area contributed by atoms with Crippen LogP contribution in [0.15, 0.2) is 48.5 Å². The van der Waals surface area contributed by atoms with Crippen LogP contribution >= 0.6 is 0 Å². The number of nitrogens with one attached hydrogen (secondary N) is 2. The number of aliphatic hydroxyl groups is 1. The number of methoxy groups -OCH3 is 2. The van der Waals surface area contributed by atoms with Crippen molar-refractivity contribution in [3.8, 4) is 11.5 Å². The Morgan fingerprint density at radius 2 is 1.84 bits per heavy atom. The zero-order valence-corrected chi connectivity index (χ0v) is 21.2. The van der Waals surface area contributed by atoms with Gasteiger partial charge < -0.3 is 39.6 Å². The number of nitrogens with zero attached hydrogens (tertiary/aromatic N) is 1. The van der Waals surface area contributed by atoms with E-state index in [0.29, 0.717) is 30.8 Å². The normalized spacial score (nSPS) is 23.7. The Kier molecular flexibility index (Phi) is 9.21. The maximum Gasteiger partial charge on any atom is 0.322 e. The smallest absolute Gasteiger partial charge is 0.322 e. The third-order valence-corrected chi connectivity index (χ3v) is 6.66. The van der Waals surface area contributed by atoms with E-state index >= 15 is 0 Å². The molecular formula is C27H35N3O7. The van der Waals surface area contributed by atoms with Gasteiger partial charge in [-0.2, -0.15) is 0 Å². The summed E-state index contributed by atoms with van der Waals surface area (Å²) in [5, 5.41) is 16.2. The van der Waals surface area contributed by atoms with Crippen LogP contribution in [0, 0.1) is 0 Å². The average molecular weight is 514 g/mol. The largest absolute Gasteiger partial charge is 0.497 e. The molecule has 0 radical (unpaired) electrons. The number of para-hydroxylation sites is 1. The van der Waals surface area contributed by atoms with E-state index in [4.69, 9.17) is 18.9 Å². The predicted octanol–water partition coefficient (Wildman–Crippen LogP) is 2.55. The Bertz CT molecular complexity index is 1050. The molecule has 3 amide bonds. The molecule has 0 spiro atoms. The van der Waals surface area contributed by atoms with Crippen LogP contribution in [0.5, 0.6) is 11.5 Å². The molecule has 10 heteroatoms. The van der Waals surface area contributed by atoms with Gasteiger partial charge in [-0.05, 0) is 43.2 Å². The van der Waals surface area contributed by atoms with Crippen molar-refractivity contribution < 1.29 is 33.6 Å². The van der Waals surface area contributed by atoms with Crippen LogP contribution in [0.1, 0.15) is 24.8 Å². The second-order valence-electron chi connectivity index (χ2n) is 9.24. The third-order valence-electron chi connectivity index (χ3n) is 6.66. The molecule has 200 valence electrons. The Hall–Kier alpha value is -3.34. The lowest BCUT2D eigenvalue weighted by Gasteiger charge is -2.44. The SMILES string of the molecule is COc1ccc(NC(=O)N2C[C@H](O)COC[C@@H]3O[C@@H](CC(=O)NCc4ccccc4OC)CC[C@H]32)cc1. The highest BCUT2D eigenvalue weighted by atomic mass is 16.5. The highest BCUT2D eigenvalue weighted by Gasteiger charge is 2.40. The summed E-state index contributed by atoms with van der Waals surface area (Å²) < 4.78 is 22.4. The first-order valence-corrected chi connectivity index (χ1v) is 12.5. The lowest BCUT2D eigenvalue weighted by atomic mass is 9.95. The second kappa shape index (κ2) is 12.8. The molecule has 2 heterocycles. The zero-order chi connectivity index (χ0) is 26.2. The van der Waals surface area contributed by atoms with E-state index in [1.165, 1.54) is 0 Å². The number of amides is 3. The Balaban J connectivity index is 1.35. The average Bonchev–Trinajstić information content (AvgIpc) is 2.90. The summed E-state index contributed by atoms with van der Waals surface area (Å²) in [4.78, 5) is 27.5. The molecule has 2 saturated heterocycles. The number of anilines is 1. The summed E-state index contributed by atoms with van der Waals surface area (Å²) in [5.41, 5.74) is 1.52. The van der Waals surface area contributed by atoms with Crippen molar-refractivity contribution in [2.45, 2.75) is 50.2 Å². The lowest BCUT2D eigenvalue weighted by Crippen LogP contribution is -2.58. The molecule has 10 nitrogen and oxygen atoms in total. The molecule has 2 aliphatic rings. The van der Waals surface area contributed by atoms with Crippen molar-refractivity contribution >= 4 is 17.6 Å². The molecule has 2 fully saturated rings. The number of aliphatic hydroxyl groups excluding tert-OH is 1. The summed E-state index contributed by atoms with van der Waals surface area (Å²) in [6.07, 6.45) is -0.0688. The van der Waals surface area contributed by atoms with E-state index in [2.05, 4.69) is 10.6 Å². The van der Waals surface area contributed by atoms with Gasteiger partial charge in [0, 0.05) is 17.8 Å². The molecule has 4 atom stereocenters. The molecule has 4 rings (SSSR count). The van der Waals surface area contributed by atoms with Crippen LogP contribution < -0.4 is 20.1 Å². The Morgan fingerprint density at radius 1 is 1.05 bits per heavy atom. The third kappa shape index (κ3) is 7.12. The van der Waals surface area contributed by atoms with Crippen molar-refractivity contribution in [3.63, 3.8) is 0 Å². The van der Waals surface area contributed by atoms with Gasteiger partial charge in [-0.3, -0.25) is 4.79 Å². The number of benzene rings is 2. The van der Waals surface area contributed by atoms with Gasteiger partial charge in [0.25, 0.3) is 0 Å². The first kappa shape index (κ1) is 26.7. The van der Waals surface area contributed by atoms with Gasteiger partial charge in [0.2, 0.25) is 5.91 Å². The molecule has 0 bridgehead atoms. The van der Waals surface area contributed by atoms with Gasteiger partial charge in [-0.25, -0.2) is 4.79 Å². The maximum atomic E-state index is 13.2. The summed E-state index contributed by atoms with van der Waals surface area (Å²) in [6, 6.07) is 14.0. The molecule has 0 saturated carbocycles. The second-order valence-corrected chi connectivity index (χ2v) is 9.24. The highest BCUT2D eigenvalue weighted by molar-refractivity contribution is 5.89. The number of carbonyl (C=O) groups is 2. The van der Waals surface area contributed by atoms with E-state index in [1.807, 2.05) is 24.3 Å². The van der Waals surface area contributed by atoms with Crippen LogP contribution in [-0.2, 0) is 20.8 Å². The summed E-state index contributed by atoms with van der Waals surface area (Å²) in [7, 11) is 3.18. The van der Waals surface area contributed by atoms with Crippen LogP contribution in [0.4, 0.5) is 10.5 Å². The van der Waals surface area contributed by atoms with Gasteiger partial charge in [-0.15, -0.1) is 0 Å². The lowest BCUT2D eigenvalue weighted by molar-refractivity contribution is -0.149. The number of urea groups is 1. The minimum atomic E-state index is -0.805. The fraction of sp³-hybridized carbons (Fsp3) is 0.481. The van der Waals surface area contributed by atoms with Crippen molar-refractivity contribution in [2.75, 3.05) is 39.3 Å². The zero-order valence-electron chi connectivity index (χ0n) is 21.2.